The van der Waals surface area contributed by atoms with E-state index in [-0.39, 0.29) is 12.0 Å². The van der Waals surface area contributed by atoms with Gasteiger partial charge in [0.1, 0.15) is 17.0 Å². The van der Waals surface area contributed by atoms with Gasteiger partial charge in [-0.3, -0.25) is 4.79 Å². The van der Waals surface area contributed by atoms with Crippen LogP contribution in [0.3, 0.4) is 0 Å². The molecule has 2 unspecified atom stereocenters. The van der Waals surface area contributed by atoms with Crippen LogP contribution in [0.1, 0.15) is 29.7 Å². The van der Waals surface area contributed by atoms with Crippen molar-refractivity contribution in [1.29, 1.82) is 0 Å². The van der Waals surface area contributed by atoms with E-state index in [9.17, 15) is 9.90 Å². The lowest BCUT2D eigenvalue weighted by atomic mass is 10.0. The molecule has 0 spiro atoms. The highest BCUT2D eigenvalue weighted by atomic mass is 32.1. The minimum absolute atomic E-state index is 0.0368. The maximum Gasteiger partial charge on any atom is 0.308 e. The fraction of sp³-hybridized carbons (Fsp3) is 0.500. The number of hydrogen-bond donors (Lipinski definition) is 2. The second-order valence-corrected chi connectivity index (χ2v) is 6.52. The van der Waals surface area contributed by atoms with Crippen molar-refractivity contribution in [2.75, 3.05) is 5.32 Å². The molecule has 2 aromatic rings. The van der Waals surface area contributed by atoms with Gasteiger partial charge in [0.2, 0.25) is 0 Å². The molecule has 5 nitrogen and oxygen atoms in total. The van der Waals surface area contributed by atoms with E-state index >= 15 is 0 Å². The van der Waals surface area contributed by atoms with E-state index in [1.807, 2.05) is 0 Å². The van der Waals surface area contributed by atoms with Crippen molar-refractivity contribution >= 4 is 33.3 Å². The van der Waals surface area contributed by atoms with Gasteiger partial charge in [0, 0.05) is 10.9 Å². The average molecular weight is 291 g/mol. The Balaban J connectivity index is 1.97. The third-order valence-corrected chi connectivity index (χ3v) is 5.24. The van der Waals surface area contributed by atoms with Gasteiger partial charge in [-0.05, 0) is 32.3 Å². The number of aliphatic carboxylic acids is 1. The molecule has 1 aliphatic carbocycles. The third kappa shape index (κ3) is 2.14. The van der Waals surface area contributed by atoms with Crippen LogP contribution < -0.4 is 5.32 Å². The first kappa shape index (κ1) is 13.3. The zero-order valence-electron chi connectivity index (χ0n) is 11.5. The number of hydrogen-bond acceptors (Lipinski definition) is 5. The van der Waals surface area contributed by atoms with E-state index in [1.54, 1.807) is 17.7 Å². The molecule has 0 aliphatic heterocycles. The van der Waals surface area contributed by atoms with E-state index in [0.717, 1.165) is 35.3 Å². The fourth-order valence-electron chi connectivity index (χ4n) is 2.90. The SMILES string of the molecule is Cc1sc2ncnc(NC3CCCC3C(=O)O)c2c1C. The number of aryl methyl sites for hydroxylation is 2. The van der Waals surface area contributed by atoms with Gasteiger partial charge in [-0.15, -0.1) is 11.3 Å². The number of nitrogens with zero attached hydrogens (tertiary/aromatic N) is 2. The molecule has 0 radical (unpaired) electrons. The summed E-state index contributed by atoms with van der Waals surface area (Å²) < 4.78 is 0. The number of carbonyl (C=O) groups is 1. The maximum absolute atomic E-state index is 11.3. The fourth-order valence-corrected chi connectivity index (χ4v) is 3.89. The molecule has 2 atom stereocenters. The summed E-state index contributed by atoms with van der Waals surface area (Å²) in [4.78, 5) is 22.1. The zero-order chi connectivity index (χ0) is 14.3. The average Bonchev–Trinajstić information content (AvgIpc) is 2.96. The highest BCUT2D eigenvalue weighted by Crippen LogP contribution is 2.35. The quantitative estimate of drug-likeness (QED) is 0.909. The van der Waals surface area contributed by atoms with Crippen LogP contribution in [0.4, 0.5) is 5.82 Å². The van der Waals surface area contributed by atoms with Crippen molar-refractivity contribution in [3.05, 3.63) is 16.8 Å². The summed E-state index contributed by atoms with van der Waals surface area (Å²) in [6, 6.07) is -0.0368. The van der Waals surface area contributed by atoms with Gasteiger partial charge >= 0.3 is 5.97 Å². The summed E-state index contributed by atoms with van der Waals surface area (Å²) in [7, 11) is 0. The molecule has 0 saturated heterocycles. The zero-order valence-corrected chi connectivity index (χ0v) is 12.3. The van der Waals surface area contributed by atoms with Crippen molar-refractivity contribution in [3.8, 4) is 0 Å². The number of rotatable bonds is 3. The molecule has 20 heavy (non-hydrogen) atoms. The van der Waals surface area contributed by atoms with Crippen LogP contribution >= 0.6 is 11.3 Å². The first-order valence-corrected chi connectivity index (χ1v) is 7.59. The molecule has 1 fully saturated rings. The first-order chi connectivity index (χ1) is 9.58. The van der Waals surface area contributed by atoms with E-state index in [0.29, 0.717) is 0 Å². The molecule has 106 valence electrons. The van der Waals surface area contributed by atoms with Crippen molar-refractivity contribution in [2.24, 2.45) is 5.92 Å². The highest BCUT2D eigenvalue weighted by Gasteiger charge is 2.33. The third-order valence-electron chi connectivity index (χ3n) is 4.12. The smallest absolute Gasteiger partial charge is 0.308 e. The van der Waals surface area contributed by atoms with Gasteiger partial charge in [0.15, 0.2) is 0 Å². The summed E-state index contributed by atoms with van der Waals surface area (Å²) in [5, 5.41) is 13.6. The number of anilines is 1. The minimum Gasteiger partial charge on any atom is -0.481 e. The number of thiophene rings is 1. The molecular weight excluding hydrogens is 274 g/mol. The van der Waals surface area contributed by atoms with Gasteiger partial charge in [-0.25, -0.2) is 9.97 Å². The molecule has 3 rings (SSSR count). The van der Waals surface area contributed by atoms with Gasteiger partial charge in [-0.2, -0.15) is 0 Å². The molecule has 1 aliphatic rings. The predicted molar refractivity (Wildman–Crippen MR) is 79.3 cm³/mol. The predicted octanol–water partition coefficient (Wildman–Crippen LogP) is 2.97. The molecule has 0 aromatic carbocycles. The molecule has 0 bridgehead atoms. The molecule has 2 N–H and O–H groups in total. The van der Waals surface area contributed by atoms with Crippen LogP contribution in [0.2, 0.25) is 0 Å². The molecule has 2 aromatic heterocycles. The van der Waals surface area contributed by atoms with Gasteiger partial charge < -0.3 is 10.4 Å². The molecule has 6 heteroatoms. The Bertz CT molecular complexity index is 668. The van der Waals surface area contributed by atoms with Gasteiger partial charge in [0.05, 0.1) is 11.3 Å². The van der Waals surface area contributed by atoms with E-state index < -0.39 is 5.97 Å². The van der Waals surface area contributed by atoms with E-state index in [1.165, 1.54) is 10.4 Å². The first-order valence-electron chi connectivity index (χ1n) is 6.78. The number of nitrogens with one attached hydrogen (secondary N) is 1. The molecule has 1 saturated carbocycles. The standard InChI is InChI=1S/C14H17N3O2S/c1-7-8(2)20-13-11(7)12(15-6-16-13)17-10-5-3-4-9(10)14(18)19/h6,9-10H,3-5H2,1-2H3,(H,18,19)(H,15,16,17). The van der Waals surface area contributed by atoms with Crippen molar-refractivity contribution < 1.29 is 9.90 Å². The van der Waals surface area contributed by atoms with Crippen molar-refractivity contribution in [2.45, 2.75) is 39.2 Å². The summed E-state index contributed by atoms with van der Waals surface area (Å²) in [6.45, 7) is 4.13. The van der Waals surface area contributed by atoms with Crippen LogP contribution in [0.25, 0.3) is 10.2 Å². The van der Waals surface area contributed by atoms with E-state index in [2.05, 4.69) is 29.1 Å². The van der Waals surface area contributed by atoms with Gasteiger partial charge in [0.25, 0.3) is 0 Å². The highest BCUT2D eigenvalue weighted by molar-refractivity contribution is 7.18. The van der Waals surface area contributed by atoms with Gasteiger partial charge in [-0.1, -0.05) is 6.42 Å². The molecule has 2 heterocycles. The number of carboxylic acids is 1. The monoisotopic (exact) mass is 291 g/mol. The van der Waals surface area contributed by atoms with Crippen molar-refractivity contribution in [1.82, 2.24) is 9.97 Å². The van der Waals surface area contributed by atoms with Crippen LogP contribution in [0.15, 0.2) is 6.33 Å². The Labute approximate surface area is 121 Å². The molecule has 0 amide bonds. The maximum atomic E-state index is 11.3. The molecular formula is C14H17N3O2S. The normalized spacial score (nSPS) is 22.3. The number of aromatic nitrogens is 2. The summed E-state index contributed by atoms with van der Waals surface area (Å²) >= 11 is 1.65. The lowest BCUT2D eigenvalue weighted by molar-refractivity contribution is -0.141. The second kappa shape index (κ2) is 5.01. The largest absolute Gasteiger partial charge is 0.481 e. The number of carboxylic acid groups (broad SMARTS) is 1. The summed E-state index contributed by atoms with van der Waals surface area (Å²) in [5.41, 5.74) is 1.18. The lowest BCUT2D eigenvalue weighted by Gasteiger charge is -2.18. The minimum atomic E-state index is -0.719. The van der Waals surface area contributed by atoms with Crippen molar-refractivity contribution in [3.63, 3.8) is 0 Å². The Kier molecular flexibility index (Phi) is 3.33. The topological polar surface area (TPSA) is 75.1 Å². The van der Waals surface area contributed by atoms with Crippen LogP contribution in [0, 0.1) is 19.8 Å². The van der Waals surface area contributed by atoms with Crippen LogP contribution in [-0.2, 0) is 4.79 Å². The van der Waals surface area contributed by atoms with E-state index in [4.69, 9.17) is 0 Å². The Morgan fingerprint density at radius 3 is 2.95 bits per heavy atom. The Morgan fingerprint density at radius 1 is 1.40 bits per heavy atom. The lowest BCUT2D eigenvalue weighted by Crippen LogP contribution is -2.30. The van der Waals surface area contributed by atoms with Crippen LogP contribution in [0.5, 0.6) is 0 Å². The number of fused-ring (bicyclic) bond motifs is 1. The van der Waals surface area contributed by atoms with Crippen LogP contribution in [-0.4, -0.2) is 27.1 Å². The Morgan fingerprint density at radius 2 is 2.20 bits per heavy atom. The summed E-state index contributed by atoms with van der Waals surface area (Å²) in [6.07, 6.45) is 4.11. The second-order valence-electron chi connectivity index (χ2n) is 5.31. The summed E-state index contributed by atoms with van der Waals surface area (Å²) in [5.74, 6) is -0.265. The Hall–Kier alpha value is -1.69.